The topological polar surface area (TPSA) is 96.2 Å². The van der Waals surface area contributed by atoms with Gasteiger partial charge in [-0.15, -0.1) is 0 Å². The first-order valence-corrected chi connectivity index (χ1v) is 12.5. The van der Waals surface area contributed by atoms with E-state index in [0.717, 1.165) is 31.4 Å². The molecule has 0 spiro atoms. The van der Waals surface area contributed by atoms with Crippen LogP contribution in [-0.4, -0.2) is 44.9 Å². The molecule has 2 unspecified atom stereocenters. The lowest BCUT2D eigenvalue weighted by Crippen LogP contribution is -2.60. The Morgan fingerprint density at radius 2 is 1.94 bits per heavy atom. The minimum atomic E-state index is -0.516. The predicted molar refractivity (Wildman–Crippen MR) is 128 cm³/mol. The fourth-order valence-electron chi connectivity index (χ4n) is 6.90. The highest BCUT2D eigenvalue weighted by atomic mass is 16.3. The average molecular weight is 457 g/mol. The van der Waals surface area contributed by atoms with Gasteiger partial charge in [0.15, 0.2) is 0 Å². The van der Waals surface area contributed by atoms with Gasteiger partial charge in [-0.1, -0.05) is 13.8 Å². The molecule has 0 saturated heterocycles. The van der Waals surface area contributed by atoms with Crippen LogP contribution in [0.15, 0.2) is 12.3 Å². The summed E-state index contributed by atoms with van der Waals surface area (Å²) in [6.07, 6.45) is 11.7. The molecule has 4 saturated carbocycles. The van der Waals surface area contributed by atoms with Gasteiger partial charge in [0.25, 0.3) is 5.91 Å². The number of hydrogen-bond acceptors (Lipinski definition) is 4. The standard InChI is InChI=1S/C26H40N4O3/c1-16(2)8-22-21(14-27-30(22)7-6-25(4,5)29-17(3)32)24(33)28-23-19-9-18-10-20(23)13-26(11-18,12-19)15-31/h6-7,14,16,18-20,23,31H,8-13,15H2,1-5H3,(H,28,33)(H,29,32)/b7-6+. The van der Waals surface area contributed by atoms with E-state index in [0.29, 0.717) is 29.2 Å². The fourth-order valence-corrected chi connectivity index (χ4v) is 6.90. The Hall–Kier alpha value is -2.15. The van der Waals surface area contributed by atoms with Gasteiger partial charge in [-0.05, 0) is 87.5 Å². The third-order valence-electron chi connectivity index (χ3n) is 7.91. The van der Waals surface area contributed by atoms with Gasteiger partial charge < -0.3 is 15.7 Å². The Morgan fingerprint density at radius 1 is 1.27 bits per heavy atom. The van der Waals surface area contributed by atoms with Crippen LogP contribution in [-0.2, 0) is 11.2 Å². The molecule has 1 aromatic heterocycles. The van der Waals surface area contributed by atoms with Crippen molar-refractivity contribution < 1.29 is 14.7 Å². The van der Waals surface area contributed by atoms with Crippen LogP contribution in [0.1, 0.15) is 82.8 Å². The maximum absolute atomic E-state index is 13.5. The number of nitrogens with zero attached hydrogens (tertiary/aromatic N) is 2. The summed E-state index contributed by atoms with van der Waals surface area (Å²) in [5.74, 6) is 1.88. The number of aromatic nitrogens is 2. The largest absolute Gasteiger partial charge is 0.396 e. The summed E-state index contributed by atoms with van der Waals surface area (Å²) in [5.41, 5.74) is 1.11. The normalized spacial score (nSPS) is 30.9. The second kappa shape index (κ2) is 8.90. The minimum Gasteiger partial charge on any atom is -0.396 e. The third kappa shape index (κ3) is 5.03. The molecule has 5 rings (SSSR count). The molecule has 7 nitrogen and oxygen atoms in total. The van der Waals surface area contributed by atoms with E-state index in [-0.39, 0.29) is 29.9 Å². The van der Waals surface area contributed by atoms with Gasteiger partial charge in [-0.2, -0.15) is 5.10 Å². The van der Waals surface area contributed by atoms with Crippen LogP contribution in [0.25, 0.3) is 6.20 Å². The van der Waals surface area contributed by atoms with Gasteiger partial charge in [0, 0.05) is 25.8 Å². The number of aliphatic hydroxyl groups is 1. The van der Waals surface area contributed by atoms with Gasteiger partial charge in [-0.3, -0.25) is 9.59 Å². The van der Waals surface area contributed by atoms with E-state index < -0.39 is 5.54 Å². The molecule has 4 bridgehead atoms. The third-order valence-corrected chi connectivity index (χ3v) is 7.91. The number of carbonyl (C=O) groups excluding carboxylic acids is 2. The van der Waals surface area contributed by atoms with Crippen molar-refractivity contribution in [3.63, 3.8) is 0 Å². The number of carbonyl (C=O) groups is 2. The molecular formula is C26H40N4O3. The first-order valence-electron chi connectivity index (χ1n) is 12.5. The van der Waals surface area contributed by atoms with Crippen LogP contribution in [0.3, 0.4) is 0 Å². The Morgan fingerprint density at radius 3 is 2.52 bits per heavy atom. The van der Waals surface area contributed by atoms with Gasteiger partial charge in [-0.25, -0.2) is 4.68 Å². The molecule has 1 heterocycles. The zero-order valence-corrected chi connectivity index (χ0v) is 20.7. The minimum absolute atomic E-state index is 0.0399. The van der Waals surface area contributed by atoms with E-state index in [2.05, 4.69) is 29.6 Å². The van der Waals surface area contributed by atoms with Crippen molar-refractivity contribution >= 4 is 18.0 Å². The highest BCUT2D eigenvalue weighted by Gasteiger charge is 2.55. The molecule has 0 aromatic carbocycles. The molecule has 4 aliphatic rings. The second-order valence-corrected chi connectivity index (χ2v) is 11.9. The van der Waals surface area contributed by atoms with E-state index in [1.165, 1.54) is 19.8 Å². The van der Waals surface area contributed by atoms with Crippen LogP contribution < -0.4 is 10.6 Å². The maximum Gasteiger partial charge on any atom is 0.255 e. The number of rotatable bonds is 8. The van der Waals surface area contributed by atoms with Crippen molar-refractivity contribution in [2.45, 2.75) is 84.7 Å². The lowest BCUT2D eigenvalue weighted by atomic mass is 9.48. The molecule has 4 fully saturated rings. The van der Waals surface area contributed by atoms with Gasteiger partial charge in [0.05, 0.1) is 23.0 Å². The Labute approximate surface area is 197 Å². The highest BCUT2D eigenvalue weighted by molar-refractivity contribution is 5.95. The Balaban J connectivity index is 1.53. The summed E-state index contributed by atoms with van der Waals surface area (Å²) in [4.78, 5) is 24.9. The van der Waals surface area contributed by atoms with E-state index in [4.69, 9.17) is 0 Å². The molecule has 0 aliphatic heterocycles. The molecule has 2 amide bonds. The number of hydrogen-bond donors (Lipinski definition) is 3. The summed E-state index contributed by atoms with van der Waals surface area (Å²) in [6, 6.07) is 0.193. The SMILES string of the molecule is CC(=O)NC(C)(C)/C=C/n1ncc(C(=O)NC2C3CC4CC2CC(CO)(C4)C3)c1CC(C)C. The highest BCUT2D eigenvalue weighted by Crippen LogP contribution is 2.59. The number of aliphatic hydroxyl groups excluding tert-OH is 1. The number of amides is 2. The quantitative estimate of drug-likeness (QED) is 0.559. The van der Waals surface area contributed by atoms with Gasteiger partial charge >= 0.3 is 0 Å². The average Bonchev–Trinajstić information content (AvgIpc) is 3.09. The zero-order chi connectivity index (χ0) is 24.0. The van der Waals surface area contributed by atoms with Crippen molar-refractivity contribution in [1.29, 1.82) is 0 Å². The van der Waals surface area contributed by atoms with Gasteiger partial charge in [0.2, 0.25) is 5.91 Å². The lowest BCUT2D eigenvalue weighted by Gasteiger charge is -2.59. The van der Waals surface area contributed by atoms with Crippen molar-refractivity contribution in [2.24, 2.45) is 29.1 Å². The Kier molecular flexibility index (Phi) is 6.47. The van der Waals surface area contributed by atoms with Crippen molar-refractivity contribution in [2.75, 3.05) is 6.61 Å². The molecule has 7 heteroatoms. The molecule has 182 valence electrons. The molecule has 0 radical (unpaired) electrons. The fraction of sp³-hybridized carbons (Fsp3) is 0.731. The Bertz CT molecular complexity index is 916. The summed E-state index contributed by atoms with van der Waals surface area (Å²) in [5, 5.41) is 20.8. The van der Waals surface area contributed by atoms with Crippen molar-refractivity contribution in [1.82, 2.24) is 20.4 Å². The van der Waals surface area contributed by atoms with Crippen LogP contribution >= 0.6 is 0 Å². The first kappa shape index (κ1) is 24.0. The van der Waals surface area contributed by atoms with Crippen molar-refractivity contribution in [3.05, 3.63) is 23.5 Å². The summed E-state index contributed by atoms with van der Waals surface area (Å²) < 4.78 is 1.77. The monoisotopic (exact) mass is 456 g/mol. The summed E-state index contributed by atoms with van der Waals surface area (Å²) in [6.45, 7) is 9.91. The maximum atomic E-state index is 13.5. The van der Waals surface area contributed by atoms with Crippen molar-refractivity contribution in [3.8, 4) is 0 Å². The summed E-state index contributed by atoms with van der Waals surface area (Å²) >= 11 is 0. The van der Waals surface area contributed by atoms with E-state index in [9.17, 15) is 14.7 Å². The smallest absolute Gasteiger partial charge is 0.255 e. The lowest BCUT2D eigenvalue weighted by molar-refractivity contribution is -0.120. The molecule has 2 atom stereocenters. The second-order valence-electron chi connectivity index (χ2n) is 11.9. The van der Waals surface area contributed by atoms with Crippen LogP contribution in [0.2, 0.25) is 0 Å². The van der Waals surface area contributed by atoms with E-state index in [1.54, 1.807) is 10.9 Å². The van der Waals surface area contributed by atoms with Crippen LogP contribution in [0.5, 0.6) is 0 Å². The van der Waals surface area contributed by atoms with Crippen LogP contribution in [0.4, 0.5) is 0 Å². The number of nitrogens with one attached hydrogen (secondary N) is 2. The first-order chi connectivity index (χ1) is 15.5. The molecule has 1 aromatic rings. The molecule has 33 heavy (non-hydrogen) atoms. The molecule has 3 N–H and O–H groups in total. The van der Waals surface area contributed by atoms with Crippen LogP contribution in [0, 0.1) is 29.1 Å². The van der Waals surface area contributed by atoms with Gasteiger partial charge in [0.1, 0.15) is 0 Å². The molecule has 4 aliphatic carbocycles. The summed E-state index contributed by atoms with van der Waals surface area (Å²) in [7, 11) is 0. The van der Waals surface area contributed by atoms with E-state index in [1.807, 2.05) is 26.1 Å². The predicted octanol–water partition coefficient (Wildman–Crippen LogP) is 3.38. The van der Waals surface area contributed by atoms with E-state index >= 15 is 0 Å². The zero-order valence-electron chi connectivity index (χ0n) is 20.7. The molecular weight excluding hydrogens is 416 g/mol.